The van der Waals surface area contributed by atoms with Crippen molar-refractivity contribution in [1.82, 2.24) is 19.4 Å². The van der Waals surface area contributed by atoms with Crippen molar-refractivity contribution < 1.29 is 17.9 Å². The van der Waals surface area contributed by atoms with Gasteiger partial charge in [0, 0.05) is 32.1 Å². The fourth-order valence-corrected chi connectivity index (χ4v) is 7.60. The molecule has 0 bridgehead atoms. The van der Waals surface area contributed by atoms with E-state index in [0.717, 1.165) is 38.1 Å². The Morgan fingerprint density at radius 2 is 1.63 bits per heavy atom. The second-order valence-corrected chi connectivity index (χ2v) is 13.4. The molecule has 0 atom stereocenters. The van der Waals surface area contributed by atoms with E-state index in [1.807, 2.05) is 0 Å². The highest BCUT2D eigenvalue weighted by Gasteiger charge is 2.30. The highest BCUT2D eigenvalue weighted by atomic mass is 32.2. The number of piperidine rings is 1. The molecule has 0 radical (unpaired) electrons. The van der Waals surface area contributed by atoms with E-state index in [1.54, 1.807) is 40.1 Å². The number of hydrogen-bond acceptors (Lipinski definition) is 6. The van der Waals surface area contributed by atoms with E-state index in [-0.39, 0.29) is 29.8 Å². The number of rotatable bonds is 12. The van der Waals surface area contributed by atoms with Gasteiger partial charge in [-0.15, -0.1) is 0 Å². The third-order valence-electron chi connectivity index (χ3n) is 8.68. The van der Waals surface area contributed by atoms with Gasteiger partial charge >= 0.3 is 0 Å². The highest BCUT2D eigenvalue weighted by molar-refractivity contribution is 7.89. The molecule has 0 spiro atoms. The van der Waals surface area contributed by atoms with Crippen molar-refractivity contribution in [1.29, 1.82) is 0 Å². The zero-order valence-electron chi connectivity index (χ0n) is 24.5. The molecule has 0 aromatic heterocycles. The van der Waals surface area contributed by atoms with Gasteiger partial charge in [-0.1, -0.05) is 6.92 Å². The second kappa shape index (κ2) is 14.1. The minimum atomic E-state index is -3.70. The Morgan fingerprint density at radius 1 is 1.03 bits per heavy atom. The van der Waals surface area contributed by atoms with Crippen molar-refractivity contribution in [2.75, 3.05) is 53.9 Å². The minimum absolute atomic E-state index is 0.0727. The van der Waals surface area contributed by atoms with E-state index in [0.29, 0.717) is 22.9 Å². The van der Waals surface area contributed by atoms with Crippen LogP contribution in [0.25, 0.3) is 0 Å². The number of hydrogen-bond donors (Lipinski definition) is 1. The van der Waals surface area contributed by atoms with Gasteiger partial charge < -0.3 is 19.9 Å². The lowest BCUT2D eigenvalue weighted by Gasteiger charge is -2.41. The van der Waals surface area contributed by atoms with Crippen LogP contribution in [0.4, 0.5) is 0 Å². The van der Waals surface area contributed by atoms with Crippen LogP contribution in [0.2, 0.25) is 0 Å². The summed E-state index contributed by atoms with van der Waals surface area (Å²) >= 11 is 0. The van der Waals surface area contributed by atoms with Crippen molar-refractivity contribution in [2.24, 2.45) is 5.92 Å². The van der Waals surface area contributed by atoms with Crippen LogP contribution in [0.15, 0.2) is 17.0 Å². The monoisotopic (exact) mass is 550 g/mol. The maximum Gasteiger partial charge on any atom is 0.243 e. The number of aryl methyl sites for hydroxylation is 2. The van der Waals surface area contributed by atoms with Gasteiger partial charge in [0.2, 0.25) is 15.9 Å². The van der Waals surface area contributed by atoms with Crippen molar-refractivity contribution >= 4 is 15.9 Å². The van der Waals surface area contributed by atoms with Crippen LogP contribution in [-0.2, 0) is 14.8 Å². The van der Waals surface area contributed by atoms with Crippen LogP contribution in [0.3, 0.4) is 0 Å². The number of nitrogens with one attached hydrogen (secondary N) is 1. The van der Waals surface area contributed by atoms with Gasteiger partial charge in [-0.05, 0) is 121 Å². The average molecular weight is 551 g/mol. The van der Waals surface area contributed by atoms with Crippen LogP contribution >= 0.6 is 0 Å². The maximum atomic E-state index is 13.2. The first-order valence-electron chi connectivity index (χ1n) is 14.4. The zero-order chi connectivity index (χ0) is 27.9. The van der Waals surface area contributed by atoms with Gasteiger partial charge in [0.15, 0.2) is 0 Å². The Hall–Kier alpha value is -1.68. The molecule has 1 aromatic rings. The van der Waals surface area contributed by atoms with Crippen molar-refractivity contribution in [3.63, 3.8) is 0 Å². The fraction of sp³-hybridized carbons (Fsp3) is 0.759. The Bertz CT molecular complexity index is 992. The van der Waals surface area contributed by atoms with Crippen molar-refractivity contribution in [3.05, 3.63) is 23.3 Å². The molecule has 216 valence electrons. The molecule has 2 aliphatic rings. The summed E-state index contributed by atoms with van der Waals surface area (Å²) in [6.07, 6.45) is 8.32. The number of carbonyl (C=O) groups is 1. The van der Waals surface area contributed by atoms with Crippen LogP contribution in [0.5, 0.6) is 5.75 Å². The van der Waals surface area contributed by atoms with Crippen molar-refractivity contribution in [3.8, 4) is 5.75 Å². The Balaban J connectivity index is 1.39. The Kier molecular flexibility index (Phi) is 11.4. The lowest BCUT2D eigenvalue weighted by Crippen LogP contribution is -2.47. The molecule has 0 unspecified atom stereocenters. The number of benzene rings is 1. The molecule has 1 aromatic carbocycles. The zero-order valence-corrected chi connectivity index (χ0v) is 25.3. The molecule has 1 N–H and O–H groups in total. The lowest BCUT2D eigenvalue weighted by atomic mass is 9.87. The number of carbonyl (C=O) groups excluding carboxylic acids is 1. The SMILES string of the molecule is CCN(C)CCC1CCN([C@H]2CC[C@H](NC(=O)CCN(C)S(=O)(=O)c3c(C)cc(OC)cc3C)CC2)CC1. The van der Waals surface area contributed by atoms with Gasteiger partial charge in [0.25, 0.3) is 0 Å². The molecule has 1 aliphatic carbocycles. The largest absolute Gasteiger partial charge is 0.497 e. The molecular weight excluding hydrogens is 500 g/mol. The van der Waals surface area contributed by atoms with E-state index in [4.69, 9.17) is 4.74 Å². The van der Waals surface area contributed by atoms with E-state index in [1.165, 1.54) is 43.2 Å². The summed E-state index contributed by atoms with van der Waals surface area (Å²) < 4.78 is 33.0. The number of amides is 1. The molecule has 1 saturated heterocycles. The fourth-order valence-electron chi connectivity index (χ4n) is 6.02. The standard InChI is InChI=1S/C29H50N4O4S/c1-7-31(4)16-12-24-13-18-33(19-14-24)26-10-8-25(9-11-26)30-28(34)15-17-32(5)38(35,36)29-22(2)20-27(37-6)21-23(29)3/h20-21,24-26H,7-19H2,1-6H3,(H,30,34)/t25-,26-. The lowest BCUT2D eigenvalue weighted by molar-refractivity contribution is -0.122. The van der Waals surface area contributed by atoms with Crippen LogP contribution < -0.4 is 10.1 Å². The van der Waals surface area contributed by atoms with Gasteiger partial charge in [-0.3, -0.25) is 4.79 Å². The second-order valence-electron chi connectivity index (χ2n) is 11.4. The number of likely N-dealkylation sites (tertiary alicyclic amines) is 1. The molecule has 1 saturated carbocycles. The third kappa shape index (κ3) is 8.16. The van der Waals surface area contributed by atoms with Crippen LogP contribution in [0.1, 0.15) is 69.4 Å². The summed E-state index contributed by atoms with van der Waals surface area (Å²) in [5.41, 5.74) is 1.28. The summed E-state index contributed by atoms with van der Waals surface area (Å²) in [7, 11) is 1.62. The predicted octanol–water partition coefficient (Wildman–Crippen LogP) is 3.80. The average Bonchev–Trinajstić information content (AvgIpc) is 2.90. The van der Waals surface area contributed by atoms with E-state index >= 15 is 0 Å². The first-order chi connectivity index (χ1) is 18.0. The quantitative estimate of drug-likeness (QED) is 0.426. The summed E-state index contributed by atoms with van der Waals surface area (Å²) in [4.78, 5) is 18.1. The normalized spacial score (nSPS) is 21.7. The number of sulfonamides is 1. The molecule has 8 nitrogen and oxygen atoms in total. The minimum Gasteiger partial charge on any atom is -0.497 e. The van der Waals surface area contributed by atoms with Crippen molar-refractivity contribution in [2.45, 2.75) is 89.1 Å². The summed E-state index contributed by atoms with van der Waals surface area (Å²) in [6.45, 7) is 10.6. The van der Waals surface area contributed by atoms with E-state index < -0.39 is 10.0 Å². The third-order valence-corrected chi connectivity index (χ3v) is 10.8. The van der Waals surface area contributed by atoms with Gasteiger partial charge in [-0.2, -0.15) is 0 Å². The topological polar surface area (TPSA) is 82.2 Å². The van der Waals surface area contributed by atoms with Gasteiger partial charge in [-0.25, -0.2) is 12.7 Å². The Labute approximate surface area is 231 Å². The van der Waals surface area contributed by atoms with Crippen LogP contribution in [0, 0.1) is 19.8 Å². The van der Waals surface area contributed by atoms with Gasteiger partial charge in [0.1, 0.15) is 5.75 Å². The van der Waals surface area contributed by atoms with Crippen LogP contribution in [-0.4, -0.2) is 94.4 Å². The molecular formula is C29H50N4O4S. The molecule has 1 aliphatic heterocycles. The summed E-state index contributed by atoms with van der Waals surface area (Å²) in [5.74, 6) is 1.42. The van der Waals surface area contributed by atoms with E-state index in [2.05, 4.69) is 29.1 Å². The molecule has 1 amide bonds. The van der Waals surface area contributed by atoms with Gasteiger partial charge in [0.05, 0.1) is 12.0 Å². The number of nitrogens with zero attached hydrogens (tertiary/aromatic N) is 3. The molecule has 1 heterocycles. The molecule has 9 heteroatoms. The maximum absolute atomic E-state index is 13.2. The van der Waals surface area contributed by atoms with E-state index in [9.17, 15) is 13.2 Å². The Morgan fingerprint density at radius 3 is 2.18 bits per heavy atom. The predicted molar refractivity (Wildman–Crippen MR) is 153 cm³/mol. The first-order valence-corrected chi connectivity index (χ1v) is 15.8. The summed E-state index contributed by atoms with van der Waals surface area (Å²) in [5, 5.41) is 3.17. The molecule has 2 fully saturated rings. The smallest absolute Gasteiger partial charge is 0.243 e. The molecule has 38 heavy (non-hydrogen) atoms. The first kappa shape index (κ1) is 30.9. The highest BCUT2D eigenvalue weighted by Crippen LogP contribution is 2.30. The molecule has 3 rings (SSSR count). The summed E-state index contributed by atoms with van der Waals surface area (Å²) in [6, 6.07) is 4.28. The number of methoxy groups -OCH3 is 1. The number of ether oxygens (including phenoxy) is 1.